The summed E-state index contributed by atoms with van der Waals surface area (Å²) in [6.07, 6.45) is 3.19. The van der Waals surface area contributed by atoms with Gasteiger partial charge in [-0.2, -0.15) is 0 Å². The normalized spacial score (nSPS) is 10.2. The Morgan fingerprint density at radius 3 is 2.40 bits per heavy atom. The van der Waals surface area contributed by atoms with Crippen molar-refractivity contribution in [1.82, 2.24) is 9.97 Å². The summed E-state index contributed by atoms with van der Waals surface area (Å²) in [5, 5.41) is 1.54. The van der Waals surface area contributed by atoms with Crippen molar-refractivity contribution in [3.63, 3.8) is 0 Å². The van der Waals surface area contributed by atoms with E-state index < -0.39 is 0 Å². The minimum absolute atomic E-state index is 0.426. The Hall–Kier alpha value is -1.26. The molecule has 2 aromatic rings. The lowest BCUT2D eigenvalue weighted by Gasteiger charge is -2.00. The van der Waals surface area contributed by atoms with Crippen molar-refractivity contribution in [2.75, 3.05) is 5.73 Å². The Morgan fingerprint density at radius 2 is 1.80 bits per heavy atom. The van der Waals surface area contributed by atoms with Crippen molar-refractivity contribution >= 4 is 29.2 Å². The molecule has 0 saturated carbocycles. The molecular formula is C10H8ClN3S. The first-order valence-electron chi connectivity index (χ1n) is 4.25. The quantitative estimate of drug-likeness (QED) is 0.873. The maximum atomic E-state index is 5.78. The second-order valence-corrected chi connectivity index (χ2v) is 4.37. The fourth-order valence-corrected chi connectivity index (χ4v) is 1.85. The topological polar surface area (TPSA) is 51.8 Å². The fraction of sp³-hybridized carbons (Fsp3) is 0. The van der Waals surface area contributed by atoms with Crippen LogP contribution in [-0.4, -0.2) is 9.97 Å². The third-order valence-corrected chi connectivity index (χ3v) is 2.86. The van der Waals surface area contributed by atoms with E-state index >= 15 is 0 Å². The lowest BCUT2D eigenvalue weighted by Crippen LogP contribution is -1.91. The smallest absolute Gasteiger partial charge is 0.141 e. The second kappa shape index (κ2) is 4.51. The van der Waals surface area contributed by atoms with Crippen molar-refractivity contribution in [2.24, 2.45) is 0 Å². The molecule has 15 heavy (non-hydrogen) atoms. The number of rotatable bonds is 2. The molecule has 0 unspecified atom stereocenters. The third kappa shape index (κ3) is 2.84. The predicted molar refractivity (Wildman–Crippen MR) is 62.0 cm³/mol. The average Bonchev–Trinajstić information content (AvgIpc) is 2.25. The van der Waals surface area contributed by atoms with E-state index in [0.717, 1.165) is 14.9 Å². The van der Waals surface area contributed by atoms with Crippen LogP contribution in [-0.2, 0) is 0 Å². The van der Waals surface area contributed by atoms with Gasteiger partial charge in [0.15, 0.2) is 0 Å². The molecule has 76 valence electrons. The molecular weight excluding hydrogens is 230 g/mol. The Morgan fingerprint density at radius 1 is 1.07 bits per heavy atom. The highest BCUT2D eigenvalue weighted by molar-refractivity contribution is 7.99. The van der Waals surface area contributed by atoms with Gasteiger partial charge in [-0.1, -0.05) is 23.4 Å². The van der Waals surface area contributed by atoms with Crippen LogP contribution in [0.5, 0.6) is 0 Å². The molecule has 1 aromatic heterocycles. The number of nitrogens with two attached hydrogens (primary N) is 1. The lowest BCUT2D eigenvalue weighted by atomic mass is 10.4. The highest BCUT2D eigenvalue weighted by Gasteiger charge is 1.99. The van der Waals surface area contributed by atoms with Gasteiger partial charge in [-0.3, -0.25) is 0 Å². The van der Waals surface area contributed by atoms with E-state index in [1.54, 1.807) is 6.20 Å². The number of hydrogen-bond donors (Lipinski definition) is 1. The Balaban J connectivity index is 2.15. The van der Waals surface area contributed by atoms with E-state index in [2.05, 4.69) is 9.97 Å². The summed E-state index contributed by atoms with van der Waals surface area (Å²) in [4.78, 5) is 9.17. The molecule has 0 spiro atoms. The monoisotopic (exact) mass is 237 g/mol. The summed E-state index contributed by atoms with van der Waals surface area (Å²) < 4.78 is 0. The highest BCUT2D eigenvalue weighted by Crippen LogP contribution is 2.26. The zero-order valence-corrected chi connectivity index (χ0v) is 9.29. The first-order chi connectivity index (χ1) is 7.24. The van der Waals surface area contributed by atoms with Crippen LogP contribution in [0.2, 0.25) is 5.02 Å². The van der Waals surface area contributed by atoms with Crippen LogP contribution in [0, 0.1) is 0 Å². The number of nitrogens with zero attached hydrogens (tertiary/aromatic N) is 2. The number of nitrogen functional groups attached to an aromatic ring is 1. The maximum absolute atomic E-state index is 5.78. The van der Waals surface area contributed by atoms with Gasteiger partial charge in [0, 0.05) is 9.92 Å². The molecule has 0 bridgehead atoms. The lowest BCUT2D eigenvalue weighted by molar-refractivity contribution is 1.06. The molecule has 0 fully saturated rings. The number of halogens is 1. The van der Waals surface area contributed by atoms with E-state index in [1.165, 1.54) is 18.0 Å². The van der Waals surface area contributed by atoms with E-state index in [-0.39, 0.29) is 0 Å². The van der Waals surface area contributed by atoms with Crippen molar-refractivity contribution in [2.45, 2.75) is 9.92 Å². The molecule has 5 heteroatoms. The standard InChI is InChI=1S/C10H8ClN3S/c11-7-1-3-8(4-2-7)15-10-6-13-9(12)5-14-10/h1-6H,(H2,12,13). The van der Waals surface area contributed by atoms with Gasteiger partial charge in [0.2, 0.25) is 0 Å². The van der Waals surface area contributed by atoms with Gasteiger partial charge < -0.3 is 5.73 Å². The van der Waals surface area contributed by atoms with Crippen LogP contribution >= 0.6 is 23.4 Å². The van der Waals surface area contributed by atoms with Gasteiger partial charge in [-0.05, 0) is 24.3 Å². The molecule has 1 aromatic carbocycles. The number of anilines is 1. The van der Waals surface area contributed by atoms with Crippen LogP contribution in [0.1, 0.15) is 0 Å². The molecule has 0 aliphatic rings. The summed E-state index contributed by atoms with van der Waals surface area (Å²) in [7, 11) is 0. The minimum atomic E-state index is 0.426. The molecule has 0 radical (unpaired) electrons. The summed E-state index contributed by atoms with van der Waals surface area (Å²) >= 11 is 7.30. The predicted octanol–water partition coefficient (Wildman–Crippen LogP) is 2.86. The number of benzene rings is 1. The van der Waals surface area contributed by atoms with Crippen LogP contribution in [0.25, 0.3) is 0 Å². The van der Waals surface area contributed by atoms with Crippen molar-refractivity contribution < 1.29 is 0 Å². The molecule has 2 N–H and O–H groups in total. The summed E-state index contributed by atoms with van der Waals surface area (Å²) in [5.74, 6) is 0.426. The van der Waals surface area contributed by atoms with E-state index in [1.807, 2.05) is 24.3 Å². The van der Waals surface area contributed by atoms with Crippen LogP contribution in [0.3, 0.4) is 0 Å². The molecule has 0 amide bonds. The maximum Gasteiger partial charge on any atom is 0.141 e. The van der Waals surface area contributed by atoms with Crippen LogP contribution < -0.4 is 5.73 Å². The van der Waals surface area contributed by atoms with Gasteiger partial charge >= 0.3 is 0 Å². The fourth-order valence-electron chi connectivity index (χ4n) is 1.00. The molecule has 1 heterocycles. The summed E-state index contributed by atoms with van der Waals surface area (Å²) in [5.41, 5.74) is 5.44. The Bertz CT molecular complexity index is 398. The van der Waals surface area contributed by atoms with E-state index in [4.69, 9.17) is 17.3 Å². The van der Waals surface area contributed by atoms with Gasteiger partial charge in [-0.25, -0.2) is 9.97 Å². The zero-order valence-electron chi connectivity index (χ0n) is 7.72. The van der Waals surface area contributed by atoms with Crippen molar-refractivity contribution in [3.8, 4) is 0 Å². The zero-order chi connectivity index (χ0) is 10.7. The number of aromatic nitrogens is 2. The van der Waals surface area contributed by atoms with Crippen LogP contribution in [0.4, 0.5) is 5.82 Å². The molecule has 0 aliphatic heterocycles. The molecule has 2 rings (SSSR count). The van der Waals surface area contributed by atoms with Gasteiger partial charge in [0.25, 0.3) is 0 Å². The summed E-state index contributed by atoms with van der Waals surface area (Å²) in [6.45, 7) is 0. The van der Waals surface area contributed by atoms with Crippen LogP contribution in [0.15, 0.2) is 46.6 Å². The first-order valence-corrected chi connectivity index (χ1v) is 5.44. The Kier molecular flexibility index (Phi) is 3.08. The molecule has 3 nitrogen and oxygen atoms in total. The second-order valence-electron chi connectivity index (χ2n) is 2.84. The highest BCUT2D eigenvalue weighted by atomic mass is 35.5. The largest absolute Gasteiger partial charge is 0.382 e. The van der Waals surface area contributed by atoms with E-state index in [9.17, 15) is 0 Å². The minimum Gasteiger partial charge on any atom is -0.382 e. The third-order valence-electron chi connectivity index (χ3n) is 1.68. The molecule has 0 atom stereocenters. The molecule has 0 aliphatic carbocycles. The average molecular weight is 238 g/mol. The molecule has 0 saturated heterocycles. The van der Waals surface area contributed by atoms with Gasteiger partial charge in [0.05, 0.1) is 12.4 Å². The van der Waals surface area contributed by atoms with Gasteiger partial charge in [-0.15, -0.1) is 0 Å². The van der Waals surface area contributed by atoms with Crippen molar-refractivity contribution in [3.05, 3.63) is 41.7 Å². The Labute approximate surface area is 96.7 Å². The van der Waals surface area contributed by atoms with E-state index in [0.29, 0.717) is 5.82 Å². The summed E-state index contributed by atoms with van der Waals surface area (Å²) in [6, 6.07) is 7.55. The number of hydrogen-bond acceptors (Lipinski definition) is 4. The van der Waals surface area contributed by atoms with Gasteiger partial charge in [0.1, 0.15) is 10.8 Å². The SMILES string of the molecule is Nc1cnc(Sc2ccc(Cl)cc2)cn1. The first kappa shape index (κ1) is 10.3. The van der Waals surface area contributed by atoms with Crippen molar-refractivity contribution in [1.29, 1.82) is 0 Å².